The maximum Gasteiger partial charge on any atom is 1.00 e. The summed E-state index contributed by atoms with van der Waals surface area (Å²) in [5, 5.41) is 12.7. The largest absolute Gasteiger partial charge is 1.00 e. The zero-order chi connectivity index (χ0) is 92.9. The SMILES string of the molecule is CCCOc1c2cc(C(C)(C)C)cc1Cc1cc(C(C)(C)C)cc(c1OCCC)Cc1cc(C(C)(C)C)cc(c1OCC(C)=O)Cc1cc(C(C)(C)C)cc(c1OCCC)C2.CCCOc1c2cc(C(C)(C)C)cc1Cc1cc(C(C)(C)C)cc(c1OCCC)Cc1cc(C(C)(C)C)cc(c1OCCC)Cc1cc(C(C)(C)C)cc(c1O)C2.CCOC(=O)CBr.[H-].[Na+]. The van der Waals surface area contributed by atoms with Crippen molar-refractivity contribution in [2.24, 2.45) is 0 Å². The van der Waals surface area contributed by atoms with Crippen LogP contribution in [-0.4, -0.2) is 75.0 Å². The van der Waals surface area contributed by atoms with Crippen LogP contribution in [0.4, 0.5) is 0 Å². The number of phenolic OH excluding ortho intramolecular Hbond substituents is 1. The van der Waals surface area contributed by atoms with Crippen LogP contribution >= 0.6 is 15.9 Å². The summed E-state index contributed by atoms with van der Waals surface area (Å²) in [4.78, 5) is 22.9. The summed E-state index contributed by atoms with van der Waals surface area (Å²) in [6.07, 6.45) is 10.3. The Kier molecular flexibility index (Phi) is 37.5. The molecule has 126 heavy (non-hydrogen) atoms. The van der Waals surface area contributed by atoms with Gasteiger partial charge in [-0.3, -0.25) is 9.59 Å². The predicted molar refractivity (Wildman–Crippen MR) is 528 cm³/mol. The molecule has 13 heteroatoms. The molecule has 2 aliphatic rings. The first-order valence-electron chi connectivity index (χ1n) is 46.9. The van der Waals surface area contributed by atoms with Crippen LogP contribution in [0.15, 0.2) is 97.1 Å². The number of alkyl halides is 1. The van der Waals surface area contributed by atoms with Crippen LogP contribution in [0.5, 0.6) is 46.0 Å². The molecule has 686 valence electrons. The average molecular weight is 1800 g/mol. The first kappa shape index (κ1) is 106. The maximum absolute atomic E-state index is 12.7. The summed E-state index contributed by atoms with van der Waals surface area (Å²) < 4.78 is 52.5. The molecule has 0 saturated heterocycles. The van der Waals surface area contributed by atoms with E-state index in [4.69, 9.17) is 33.2 Å². The van der Waals surface area contributed by atoms with Crippen LogP contribution in [0.1, 0.15) is 395 Å². The molecular formula is C113H160BrNaO11. The second-order valence-corrected chi connectivity index (χ2v) is 44.0. The van der Waals surface area contributed by atoms with Crippen LogP contribution in [0, 0.1) is 0 Å². The van der Waals surface area contributed by atoms with Crippen molar-refractivity contribution < 1.29 is 83.6 Å². The maximum atomic E-state index is 12.7. The van der Waals surface area contributed by atoms with E-state index in [9.17, 15) is 14.7 Å². The minimum Gasteiger partial charge on any atom is -1.00 e. The third kappa shape index (κ3) is 28.4. The van der Waals surface area contributed by atoms with Gasteiger partial charge in [-0.2, -0.15) is 0 Å². The average Bonchev–Trinajstić information content (AvgIpc) is 0.760. The van der Waals surface area contributed by atoms with E-state index in [-0.39, 0.29) is 92.7 Å². The topological polar surface area (TPSA) is 128 Å². The Bertz CT molecular complexity index is 4780. The Morgan fingerprint density at radius 2 is 0.421 bits per heavy atom. The molecule has 0 aromatic heterocycles. The van der Waals surface area contributed by atoms with Gasteiger partial charge in [0.05, 0.1) is 46.2 Å². The molecule has 10 rings (SSSR count). The van der Waals surface area contributed by atoms with Crippen LogP contribution in [0.3, 0.4) is 0 Å². The van der Waals surface area contributed by atoms with E-state index in [0.717, 1.165) is 146 Å². The number of carbonyl (C=O) groups is 2. The minimum absolute atomic E-state index is 0. The van der Waals surface area contributed by atoms with Gasteiger partial charge in [-0.05, 0) is 229 Å². The summed E-state index contributed by atoms with van der Waals surface area (Å²) in [7, 11) is 0. The summed E-state index contributed by atoms with van der Waals surface area (Å²) >= 11 is 2.94. The van der Waals surface area contributed by atoms with E-state index >= 15 is 0 Å². The number of carbonyl (C=O) groups excluding carboxylic acids is 2. The van der Waals surface area contributed by atoms with Gasteiger partial charge in [0.1, 0.15) is 57.9 Å². The molecule has 0 spiro atoms. The van der Waals surface area contributed by atoms with Gasteiger partial charge in [-0.15, -0.1) is 0 Å². The second-order valence-electron chi connectivity index (χ2n) is 43.4. The minimum atomic E-state index is -0.206. The third-order valence-corrected chi connectivity index (χ3v) is 23.9. The van der Waals surface area contributed by atoms with Gasteiger partial charge in [-0.1, -0.05) is 321 Å². The fourth-order valence-corrected chi connectivity index (χ4v) is 16.3. The molecule has 1 N–H and O–H groups in total. The molecule has 16 bridgehead atoms. The molecule has 0 saturated carbocycles. The number of aromatic hydroxyl groups is 1. The van der Waals surface area contributed by atoms with Gasteiger partial charge < -0.3 is 44.4 Å². The monoisotopic (exact) mass is 1800 g/mol. The van der Waals surface area contributed by atoms with Crippen molar-refractivity contribution in [1.82, 2.24) is 0 Å². The van der Waals surface area contributed by atoms with Crippen LogP contribution in [0.2, 0.25) is 0 Å². The van der Waals surface area contributed by atoms with Crippen molar-refractivity contribution in [3.63, 3.8) is 0 Å². The number of rotatable bonds is 23. The van der Waals surface area contributed by atoms with E-state index in [1.54, 1.807) is 13.8 Å². The summed E-state index contributed by atoms with van der Waals surface area (Å²) in [5.74, 6) is 6.59. The third-order valence-electron chi connectivity index (χ3n) is 23.5. The number of halogens is 1. The molecule has 2 aliphatic carbocycles. The van der Waals surface area contributed by atoms with Gasteiger partial charge in [0.2, 0.25) is 0 Å². The molecule has 0 unspecified atom stereocenters. The fraction of sp³-hybridized carbons (Fsp3) is 0.558. The molecule has 0 atom stereocenters. The summed E-state index contributed by atoms with van der Waals surface area (Å²) in [6.45, 7) is 75.5. The number of Topliss-reactive ketones (excluding diaryl/α,β-unsaturated/α-hetero) is 1. The standard InChI is InChI=1S/C56H78O5.C53H74O4.C4H7BrO2.Na.H/c1-17-20-58-49-37-23-39-29-46(54(8,9)10)31-41(50(39)59-21-18-2)25-43-33-48(56(14,15)16)34-44(52(43)61-35-36(4)57)26-42-32-47(55(11,12)13)30-40(51(42)60-22-19-3)24-38(49)28-45(27-37)53(5,6)7;1-16-19-55-47-36-22-34-26-42(50(4,5)6)27-35(46(34)54)23-37-29-44(52(10,11)12)31-39(48(37)56-20-17-2)25-41-33-45(53(13,14)15)32-40(49(41)57-21-18-3)24-38(47)30-43(28-36)51(7,8)9;1-2-7-4(6)3-5;;/h27-34H,17-26,35H2,1-16H3;26-33,54H,16-25H2,1-15H3;2-3H2,1H3;;/q;;;+1;-1. The number of benzene rings is 8. The first-order chi connectivity index (χ1) is 58.3. The summed E-state index contributed by atoms with van der Waals surface area (Å²) in [6, 6.07) is 37.6. The van der Waals surface area contributed by atoms with Gasteiger partial charge in [0, 0.05) is 51.4 Å². The molecule has 0 heterocycles. The molecule has 0 radical (unpaired) electrons. The number of ether oxygens (including phenoxy) is 8. The molecule has 8 aromatic rings. The van der Waals surface area contributed by atoms with Crippen molar-refractivity contribution in [2.45, 2.75) is 355 Å². The number of phenols is 1. The van der Waals surface area contributed by atoms with E-state index in [2.05, 4.69) is 325 Å². The van der Waals surface area contributed by atoms with Crippen molar-refractivity contribution in [1.29, 1.82) is 0 Å². The normalized spacial score (nSPS) is 13.2. The van der Waals surface area contributed by atoms with Crippen LogP contribution in [0.25, 0.3) is 0 Å². The van der Waals surface area contributed by atoms with E-state index in [0.29, 0.717) is 109 Å². The summed E-state index contributed by atoms with van der Waals surface area (Å²) in [5.41, 5.74) is 26.9. The zero-order valence-electron chi connectivity index (χ0n) is 85.4. The smallest absolute Gasteiger partial charge is 1.00 e. The molecule has 8 aromatic carbocycles. The second kappa shape index (κ2) is 44.6. The van der Waals surface area contributed by atoms with Gasteiger partial charge >= 0.3 is 35.5 Å². The van der Waals surface area contributed by atoms with Crippen molar-refractivity contribution in [3.05, 3.63) is 231 Å². The number of ketones is 1. The Labute approximate surface area is 794 Å². The number of hydrogen-bond acceptors (Lipinski definition) is 11. The Balaban J connectivity index is 0.000000359. The Morgan fingerprint density at radius 1 is 0.278 bits per heavy atom. The van der Waals surface area contributed by atoms with E-state index in [1.807, 2.05) is 0 Å². The van der Waals surface area contributed by atoms with Crippen molar-refractivity contribution in [3.8, 4) is 46.0 Å². The van der Waals surface area contributed by atoms with E-state index in [1.165, 1.54) is 66.8 Å². The number of hydrogen-bond donors (Lipinski definition) is 1. The number of esters is 1. The molecule has 0 fully saturated rings. The van der Waals surface area contributed by atoms with Crippen LogP contribution < -0.4 is 62.7 Å². The van der Waals surface area contributed by atoms with Crippen LogP contribution in [-0.2, 0) is 109 Å². The fourth-order valence-electron chi connectivity index (χ4n) is 16.2. The Morgan fingerprint density at radius 3 is 0.540 bits per heavy atom. The van der Waals surface area contributed by atoms with Crippen molar-refractivity contribution >= 4 is 27.7 Å². The van der Waals surface area contributed by atoms with Crippen molar-refractivity contribution in [2.75, 3.05) is 58.2 Å². The Hall–Kier alpha value is -7.22. The predicted octanol–water partition coefficient (Wildman–Crippen LogP) is 25.6. The number of fused-ring (bicyclic) bond motifs is 16. The quantitative estimate of drug-likeness (QED) is 0.0373. The molecule has 0 aliphatic heterocycles. The zero-order valence-corrected chi connectivity index (χ0v) is 88.0. The first-order valence-corrected chi connectivity index (χ1v) is 48.0. The van der Waals surface area contributed by atoms with Gasteiger partial charge in [0.15, 0.2) is 5.78 Å². The van der Waals surface area contributed by atoms with E-state index < -0.39 is 0 Å². The molecule has 0 amide bonds. The molecular weight excluding hydrogens is 1640 g/mol. The van der Waals surface area contributed by atoms with Gasteiger partial charge in [-0.25, -0.2) is 0 Å². The molecule has 11 nitrogen and oxygen atoms in total. The van der Waals surface area contributed by atoms with Gasteiger partial charge in [0.25, 0.3) is 0 Å².